The van der Waals surface area contributed by atoms with Crippen LogP contribution >= 0.6 is 22.6 Å². The molecule has 1 aliphatic rings. The van der Waals surface area contributed by atoms with Crippen LogP contribution in [0.1, 0.15) is 5.56 Å². The van der Waals surface area contributed by atoms with Gasteiger partial charge in [-0.1, -0.05) is 6.07 Å². The summed E-state index contributed by atoms with van der Waals surface area (Å²) in [6.07, 6.45) is 2.97. The van der Waals surface area contributed by atoms with E-state index in [9.17, 15) is 0 Å². The molecule has 0 spiro atoms. The van der Waals surface area contributed by atoms with Gasteiger partial charge >= 0.3 is 0 Å². The minimum absolute atomic E-state index is 1.01. The highest BCUT2D eigenvalue weighted by Crippen LogP contribution is 2.27. The molecule has 1 aromatic rings. The first-order valence-electron chi connectivity index (χ1n) is 3.18. The van der Waals surface area contributed by atoms with E-state index in [1.54, 1.807) is 0 Å². The minimum Gasteiger partial charge on any atom is -0.261 e. The molecule has 50 valence electrons. The predicted octanol–water partition coefficient (Wildman–Crippen LogP) is 2.55. The Labute approximate surface area is 73.3 Å². The summed E-state index contributed by atoms with van der Waals surface area (Å²) in [4.78, 5) is 4.23. The summed E-state index contributed by atoms with van der Waals surface area (Å²) in [6, 6.07) is 6.22. The van der Waals surface area contributed by atoms with Crippen molar-refractivity contribution in [2.75, 3.05) is 0 Å². The lowest BCUT2D eigenvalue weighted by Crippen LogP contribution is -1.82. The molecule has 10 heavy (non-hydrogen) atoms. The average Bonchev–Trinajstić information content (AvgIpc) is 2.36. The first-order chi connectivity index (χ1) is 4.88. The Balaban J connectivity index is 2.66. The zero-order valence-corrected chi connectivity index (χ0v) is 7.50. The summed E-state index contributed by atoms with van der Waals surface area (Å²) >= 11 is 2.35. The Kier molecular flexibility index (Phi) is 1.48. The number of nitrogens with zero attached hydrogens (tertiary/aromatic N) is 1. The fraction of sp³-hybridized carbons (Fsp3) is 0.125. The summed E-state index contributed by atoms with van der Waals surface area (Å²) in [6.45, 7) is 0. The summed E-state index contributed by atoms with van der Waals surface area (Å²) in [5, 5.41) is 0. The molecule has 0 unspecified atom stereocenters. The third-order valence-electron chi connectivity index (χ3n) is 1.62. The smallest absolute Gasteiger partial charge is 0.0672 e. The lowest BCUT2D eigenvalue weighted by molar-refractivity contribution is 1.38. The van der Waals surface area contributed by atoms with Crippen molar-refractivity contribution in [2.45, 2.75) is 6.42 Å². The van der Waals surface area contributed by atoms with Crippen molar-refractivity contribution in [3.05, 3.63) is 27.3 Å². The number of rotatable bonds is 0. The van der Waals surface area contributed by atoms with Gasteiger partial charge in [0.05, 0.1) is 5.69 Å². The Morgan fingerprint density at radius 1 is 1.40 bits per heavy atom. The van der Waals surface area contributed by atoms with E-state index in [1.165, 1.54) is 9.13 Å². The Bertz CT molecular complexity index is 291. The molecule has 0 atom stereocenters. The first kappa shape index (κ1) is 6.34. The van der Waals surface area contributed by atoms with Gasteiger partial charge in [0.1, 0.15) is 0 Å². The van der Waals surface area contributed by atoms with Crippen molar-refractivity contribution in [3.63, 3.8) is 0 Å². The summed E-state index contributed by atoms with van der Waals surface area (Å²) in [5.41, 5.74) is 2.52. The van der Waals surface area contributed by atoms with Crippen molar-refractivity contribution in [2.24, 2.45) is 4.99 Å². The van der Waals surface area contributed by atoms with Crippen LogP contribution in [0, 0.1) is 3.57 Å². The van der Waals surface area contributed by atoms with Crippen LogP contribution in [0.15, 0.2) is 23.2 Å². The van der Waals surface area contributed by atoms with E-state index in [-0.39, 0.29) is 0 Å². The molecule has 2 rings (SSSR count). The zero-order chi connectivity index (χ0) is 6.97. The molecule has 0 fully saturated rings. The maximum absolute atomic E-state index is 4.23. The second kappa shape index (κ2) is 2.34. The van der Waals surface area contributed by atoms with Crippen LogP contribution in [0.4, 0.5) is 5.69 Å². The first-order valence-corrected chi connectivity index (χ1v) is 4.26. The molecule has 2 heteroatoms. The van der Waals surface area contributed by atoms with Gasteiger partial charge in [-0.15, -0.1) is 0 Å². The van der Waals surface area contributed by atoms with Gasteiger partial charge < -0.3 is 0 Å². The molecular formula is C8H6IN. The number of aliphatic imine (C=N–C) groups is 1. The number of fused-ring (bicyclic) bond motifs is 1. The van der Waals surface area contributed by atoms with Crippen LogP contribution in [-0.4, -0.2) is 6.21 Å². The molecule has 0 aliphatic carbocycles. The fourth-order valence-electron chi connectivity index (χ4n) is 1.11. The molecule has 1 aromatic carbocycles. The average molecular weight is 243 g/mol. The number of benzene rings is 1. The normalized spacial score (nSPS) is 13.7. The van der Waals surface area contributed by atoms with E-state index in [0.29, 0.717) is 0 Å². The van der Waals surface area contributed by atoms with E-state index in [4.69, 9.17) is 0 Å². The monoisotopic (exact) mass is 243 g/mol. The van der Waals surface area contributed by atoms with Crippen molar-refractivity contribution in [1.29, 1.82) is 0 Å². The van der Waals surface area contributed by atoms with Gasteiger partial charge in [0, 0.05) is 16.2 Å². The zero-order valence-electron chi connectivity index (χ0n) is 5.34. The predicted molar refractivity (Wildman–Crippen MR) is 51.0 cm³/mol. The number of halogens is 1. The van der Waals surface area contributed by atoms with Crippen molar-refractivity contribution >= 4 is 34.5 Å². The highest BCUT2D eigenvalue weighted by Gasteiger charge is 2.07. The molecule has 0 aromatic heterocycles. The maximum Gasteiger partial charge on any atom is 0.0672 e. The SMILES string of the molecule is Ic1cccc2c1CC=N2. The Morgan fingerprint density at radius 3 is 3.10 bits per heavy atom. The summed E-state index contributed by atoms with van der Waals surface area (Å²) in [7, 11) is 0. The van der Waals surface area contributed by atoms with E-state index in [2.05, 4.69) is 39.7 Å². The Hall–Kier alpha value is -0.380. The number of hydrogen-bond acceptors (Lipinski definition) is 1. The summed E-state index contributed by atoms with van der Waals surface area (Å²) < 4.78 is 1.33. The van der Waals surface area contributed by atoms with Gasteiger partial charge in [0.15, 0.2) is 0 Å². The van der Waals surface area contributed by atoms with Gasteiger partial charge in [0.2, 0.25) is 0 Å². The molecule has 0 saturated carbocycles. The van der Waals surface area contributed by atoms with Gasteiger partial charge in [-0.2, -0.15) is 0 Å². The van der Waals surface area contributed by atoms with Crippen LogP contribution in [-0.2, 0) is 6.42 Å². The molecular weight excluding hydrogens is 237 g/mol. The second-order valence-electron chi connectivity index (χ2n) is 2.25. The van der Waals surface area contributed by atoms with Gasteiger partial charge in [-0.05, 0) is 40.3 Å². The van der Waals surface area contributed by atoms with Gasteiger partial charge in [-0.25, -0.2) is 0 Å². The largest absolute Gasteiger partial charge is 0.261 e. The van der Waals surface area contributed by atoms with Crippen LogP contribution in [0.5, 0.6) is 0 Å². The van der Waals surface area contributed by atoms with E-state index >= 15 is 0 Å². The molecule has 0 saturated heterocycles. The quantitative estimate of drug-likeness (QED) is 0.621. The van der Waals surface area contributed by atoms with Crippen LogP contribution in [0.25, 0.3) is 0 Å². The molecule has 0 N–H and O–H groups in total. The highest BCUT2D eigenvalue weighted by atomic mass is 127. The van der Waals surface area contributed by atoms with Crippen LogP contribution in [0.2, 0.25) is 0 Å². The topological polar surface area (TPSA) is 12.4 Å². The lowest BCUT2D eigenvalue weighted by atomic mass is 10.2. The van der Waals surface area contributed by atoms with Crippen LogP contribution in [0.3, 0.4) is 0 Å². The second-order valence-corrected chi connectivity index (χ2v) is 3.42. The van der Waals surface area contributed by atoms with Crippen molar-refractivity contribution < 1.29 is 0 Å². The van der Waals surface area contributed by atoms with E-state index in [1.807, 2.05) is 12.3 Å². The fourth-order valence-corrected chi connectivity index (χ4v) is 1.81. The molecule has 0 bridgehead atoms. The number of hydrogen-bond donors (Lipinski definition) is 0. The van der Waals surface area contributed by atoms with E-state index in [0.717, 1.165) is 12.1 Å². The van der Waals surface area contributed by atoms with Gasteiger partial charge in [-0.3, -0.25) is 4.99 Å². The summed E-state index contributed by atoms with van der Waals surface area (Å²) in [5.74, 6) is 0. The maximum atomic E-state index is 4.23. The molecule has 1 nitrogen and oxygen atoms in total. The molecule has 0 radical (unpaired) electrons. The minimum atomic E-state index is 1.01. The lowest BCUT2D eigenvalue weighted by Gasteiger charge is -1.97. The van der Waals surface area contributed by atoms with Crippen molar-refractivity contribution in [3.8, 4) is 0 Å². The Morgan fingerprint density at radius 2 is 2.30 bits per heavy atom. The van der Waals surface area contributed by atoms with Crippen molar-refractivity contribution in [1.82, 2.24) is 0 Å². The molecule has 0 amide bonds. The molecule has 1 heterocycles. The third kappa shape index (κ3) is 0.868. The van der Waals surface area contributed by atoms with Gasteiger partial charge in [0.25, 0.3) is 0 Å². The van der Waals surface area contributed by atoms with Crippen LogP contribution < -0.4 is 0 Å². The third-order valence-corrected chi connectivity index (χ3v) is 2.63. The standard InChI is InChI=1S/C8H6IN/c9-7-2-1-3-8-6(7)4-5-10-8/h1-3,5H,4H2. The van der Waals surface area contributed by atoms with E-state index < -0.39 is 0 Å². The highest BCUT2D eigenvalue weighted by molar-refractivity contribution is 14.1. The molecule has 1 aliphatic heterocycles.